The van der Waals surface area contributed by atoms with Crippen molar-refractivity contribution in [3.63, 3.8) is 0 Å². The number of hydrogen-bond donors (Lipinski definition) is 2. The number of sulfonamides is 1. The molecule has 0 saturated heterocycles. The summed E-state index contributed by atoms with van der Waals surface area (Å²) in [4.78, 5) is 22.7. The van der Waals surface area contributed by atoms with E-state index >= 15 is 0 Å². The molecule has 0 aliphatic heterocycles. The Morgan fingerprint density at radius 2 is 1.67 bits per heavy atom. The number of anilines is 1. The Kier molecular flexibility index (Phi) is 7.07. The molecular weight excluding hydrogens is 564 g/mol. The predicted molar refractivity (Wildman–Crippen MR) is 165 cm³/mol. The van der Waals surface area contributed by atoms with E-state index in [2.05, 4.69) is 9.71 Å². The Labute approximate surface area is 248 Å². The standard InChI is InChI=1S/C33H28N4O5S/c1-19-16-17-27(41-21(3)22-10-5-4-6-11-22)30-24(33(38)37-43(39,40)29-15-9-14-28(34)36-29)18-25(35-31(19)30)32-20(2)23-12-7-8-13-26(23)42-32/h4-18,21H,1-3H3,(H2,34,36)(H,37,38)/t21-/m1/s1. The lowest BCUT2D eigenvalue weighted by atomic mass is 10.0. The Morgan fingerprint density at radius 1 is 0.930 bits per heavy atom. The van der Waals surface area contributed by atoms with Crippen LogP contribution >= 0.6 is 0 Å². The Bertz CT molecular complexity index is 2120. The average molecular weight is 593 g/mol. The number of benzene rings is 3. The summed E-state index contributed by atoms with van der Waals surface area (Å²) in [6.07, 6.45) is -0.375. The van der Waals surface area contributed by atoms with Gasteiger partial charge in [0.15, 0.2) is 10.8 Å². The molecule has 3 heterocycles. The first kappa shape index (κ1) is 27.9. The average Bonchev–Trinajstić information content (AvgIpc) is 3.34. The van der Waals surface area contributed by atoms with Gasteiger partial charge in [-0.2, -0.15) is 8.42 Å². The Balaban J connectivity index is 1.54. The van der Waals surface area contributed by atoms with E-state index in [1.807, 2.05) is 81.4 Å². The lowest BCUT2D eigenvalue weighted by molar-refractivity contribution is 0.0982. The van der Waals surface area contributed by atoms with Crippen LogP contribution in [0.1, 0.15) is 40.1 Å². The van der Waals surface area contributed by atoms with Crippen LogP contribution in [0.3, 0.4) is 0 Å². The van der Waals surface area contributed by atoms with E-state index in [4.69, 9.17) is 19.9 Å². The number of aromatic nitrogens is 2. The summed E-state index contributed by atoms with van der Waals surface area (Å²) < 4.78 is 41.2. The predicted octanol–water partition coefficient (Wildman–Crippen LogP) is 6.50. The molecule has 43 heavy (non-hydrogen) atoms. The third-order valence-corrected chi connectivity index (χ3v) is 8.50. The minimum atomic E-state index is -4.37. The van der Waals surface area contributed by atoms with Crippen LogP contribution < -0.4 is 15.2 Å². The topological polar surface area (TPSA) is 137 Å². The van der Waals surface area contributed by atoms with Gasteiger partial charge in [-0.15, -0.1) is 0 Å². The summed E-state index contributed by atoms with van der Waals surface area (Å²) in [5, 5.41) is 0.901. The number of nitrogens with two attached hydrogens (primary N) is 1. The molecular formula is C33H28N4O5S. The van der Waals surface area contributed by atoms with Crippen LogP contribution in [0.5, 0.6) is 5.75 Å². The van der Waals surface area contributed by atoms with E-state index in [0.717, 1.165) is 22.1 Å². The highest BCUT2D eigenvalue weighted by Crippen LogP contribution is 2.38. The molecule has 216 valence electrons. The molecule has 3 N–H and O–H groups in total. The number of pyridine rings is 2. The lowest BCUT2D eigenvalue weighted by Gasteiger charge is -2.19. The van der Waals surface area contributed by atoms with Crippen LogP contribution in [0, 0.1) is 13.8 Å². The molecule has 0 unspecified atom stereocenters. The second-order valence-electron chi connectivity index (χ2n) is 10.2. The van der Waals surface area contributed by atoms with Gasteiger partial charge in [-0.1, -0.05) is 60.7 Å². The summed E-state index contributed by atoms with van der Waals surface area (Å²) in [5.41, 5.74) is 9.81. The second kappa shape index (κ2) is 10.9. The van der Waals surface area contributed by atoms with Crippen molar-refractivity contribution in [1.82, 2.24) is 14.7 Å². The summed E-state index contributed by atoms with van der Waals surface area (Å²) in [5.74, 6) is -0.0224. The van der Waals surface area contributed by atoms with E-state index in [1.54, 1.807) is 6.07 Å². The number of amides is 1. The summed E-state index contributed by atoms with van der Waals surface area (Å²) in [7, 11) is -4.37. The first-order chi connectivity index (χ1) is 20.6. The first-order valence-corrected chi connectivity index (χ1v) is 15.0. The van der Waals surface area contributed by atoms with Crippen LogP contribution in [0.25, 0.3) is 33.3 Å². The van der Waals surface area contributed by atoms with Gasteiger partial charge in [-0.05, 0) is 62.2 Å². The fraction of sp³-hybridized carbons (Fsp3) is 0.121. The maximum Gasteiger partial charge on any atom is 0.281 e. The number of nitrogen functional groups attached to an aromatic ring is 1. The molecule has 0 saturated carbocycles. The maximum absolute atomic E-state index is 13.9. The number of carbonyl (C=O) groups is 1. The number of hydrogen-bond acceptors (Lipinski definition) is 8. The Morgan fingerprint density at radius 3 is 2.42 bits per heavy atom. The number of fused-ring (bicyclic) bond motifs is 2. The maximum atomic E-state index is 13.9. The molecule has 1 atom stereocenters. The zero-order valence-electron chi connectivity index (χ0n) is 23.7. The molecule has 6 aromatic rings. The molecule has 0 spiro atoms. The van der Waals surface area contributed by atoms with E-state index < -0.39 is 15.9 Å². The van der Waals surface area contributed by atoms with E-state index in [9.17, 15) is 13.2 Å². The molecule has 0 bridgehead atoms. The van der Waals surface area contributed by atoms with Crippen molar-refractivity contribution >= 4 is 43.6 Å². The van der Waals surface area contributed by atoms with Gasteiger partial charge in [-0.25, -0.2) is 14.7 Å². The molecule has 0 aliphatic rings. The van der Waals surface area contributed by atoms with Gasteiger partial charge < -0.3 is 14.9 Å². The van der Waals surface area contributed by atoms with Crippen molar-refractivity contribution in [2.75, 3.05) is 5.73 Å². The van der Waals surface area contributed by atoms with Gasteiger partial charge in [0, 0.05) is 10.9 Å². The van der Waals surface area contributed by atoms with Gasteiger partial charge in [0.1, 0.15) is 28.9 Å². The van der Waals surface area contributed by atoms with Crippen LogP contribution in [-0.4, -0.2) is 24.3 Å². The molecule has 6 rings (SSSR count). The molecule has 3 aromatic heterocycles. The third-order valence-electron chi connectivity index (χ3n) is 7.27. The van der Waals surface area contributed by atoms with Crippen molar-refractivity contribution in [2.45, 2.75) is 31.9 Å². The van der Waals surface area contributed by atoms with E-state index in [-0.39, 0.29) is 22.5 Å². The van der Waals surface area contributed by atoms with Crippen molar-refractivity contribution < 1.29 is 22.4 Å². The highest BCUT2D eigenvalue weighted by atomic mass is 32.2. The molecule has 3 aromatic carbocycles. The quantitative estimate of drug-likeness (QED) is 0.214. The van der Waals surface area contributed by atoms with Gasteiger partial charge >= 0.3 is 0 Å². The van der Waals surface area contributed by atoms with Crippen molar-refractivity contribution in [3.8, 4) is 17.2 Å². The lowest BCUT2D eigenvalue weighted by Crippen LogP contribution is -2.31. The summed E-state index contributed by atoms with van der Waals surface area (Å²) >= 11 is 0. The Hall–Kier alpha value is -5.22. The molecule has 10 heteroatoms. The van der Waals surface area contributed by atoms with Crippen LogP contribution in [0.4, 0.5) is 5.82 Å². The zero-order valence-corrected chi connectivity index (χ0v) is 24.5. The number of nitrogens with one attached hydrogen (secondary N) is 1. The minimum Gasteiger partial charge on any atom is -0.485 e. The summed E-state index contributed by atoms with van der Waals surface area (Å²) in [6.45, 7) is 5.68. The van der Waals surface area contributed by atoms with Crippen LogP contribution in [0.15, 0.2) is 100 Å². The number of ether oxygens (including phenoxy) is 1. The minimum absolute atomic E-state index is 0.00791. The van der Waals surface area contributed by atoms with Gasteiger partial charge in [0.05, 0.1) is 16.5 Å². The number of furan rings is 1. The normalized spacial score (nSPS) is 12.3. The second-order valence-corrected chi connectivity index (χ2v) is 11.8. The number of carbonyl (C=O) groups excluding carboxylic acids is 1. The van der Waals surface area contributed by atoms with Gasteiger partial charge in [0.2, 0.25) is 0 Å². The number of rotatable bonds is 7. The first-order valence-electron chi connectivity index (χ1n) is 13.6. The largest absolute Gasteiger partial charge is 0.485 e. The highest BCUT2D eigenvalue weighted by Gasteiger charge is 2.26. The van der Waals surface area contributed by atoms with Crippen molar-refractivity contribution in [3.05, 3.63) is 113 Å². The SMILES string of the molecule is Cc1c(-c2cc(C(=O)NS(=O)(=O)c3cccc(N)n3)c3c(O[C@H](C)c4ccccc4)ccc(C)c3n2)oc2ccccc12. The molecule has 1 amide bonds. The monoisotopic (exact) mass is 592 g/mol. The van der Waals surface area contributed by atoms with E-state index in [1.165, 1.54) is 24.3 Å². The fourth-order valence-corrected chi connectivity index (χ4v) is 5.99. The number of aryl methyl sites for hydroxylation is 2. The third kappa shape index (κ3) is 5.28. The van der Waals surface area contributed by atoms with E-state index in [0.29, 0.717) is 33.7 Å². The number of nitrogens with zero attached hydrogens (tertiary/aromatic N) is 2. The van der Waals surface area contributed by atoms with Crippen LogP contribution in [-0.2, 0) is 10.0 Å². The molecule has 0 radical (unpaired) electrons. The zero-order chi connectivity index (χ0) is 30.3. The molecule has 0 fully saturated rings. The van der Waals surface area contributed by atoms with Crippen LogP contribution in [0.2, 0.25) is 0 Å². The van der Waals surface area contributed by atoms with Gasteiger partial charge in [-0.3, -0.25) is 4.79 Å². The summed E-state index contributed by atoms with van der Waals surface area (Å²) in [6, 6.07) is 26.5. The van der Waals surface area contributed by atoms with Crippen molar-refractivity contribution in [2.24, 2.45) is 0 Å². The smallest absolute Gasteiger partial charge is 0.281 e. The molecule has 0 aliphatic carbocycles. The highest BCUT2D eigenvalue weighted by molar-refractivity contribution is 7.90. The number of para-hydroxylation sites is 1. The fourth-order valence-electron chi connectivity index (χ4n) is 5.05. The molecule has 9 nitrogen and oxygen atoms in total. The van der Waals surface area contributed by atoms with Crippen molar-refractivity contribution in [1.29, 1.82) is 0 Å². The van der Waals surface area contributed by atoms with Gasteiger partial charge in [0.25, 0.3) is 15.9 Å².